The molecule has 0 atom stereocenters. The molecular formula is C17H19FO3. The minimum Gasteiger partial charge on any atom is -0.395 e. The number of benzene rings is 2. The topological polar surface area (TPSA) is 49.7 Å². The van der Waals surface area contributed by atoms with E-state index in [2.05, 4.69) is 0 Å². The highest BCUT2D eigenvalue weighted by Gasteiger charge is 2.31. The lowest BCUT2D eigenvalue weighted by Crippen LogP contribution is -2.39. The smallest absolute Gasteiger partial charge is 0.123 e. The molecule has 4 heteroatoms. The van der Waals surface area contributed by atoms with Crippen molar-refractivity contribution in [2.24, 2.45) is 0 Å². The quantitative estimate of drug-likeness (QED) is 0.822. The van der Waals surface area contributed by atoms with Crippen LogP contribution in [-0.2, 0) is 16.8 Å². The molecule has 0 saturated heterocycles. The summed E-state index contributed by atoms with van der Waals surface area (Å²) in [5.41, 5.74) is 0.527. The molecule has 112 valence electrons. The molecule has 0 bridgehead atoms. The monoisotopic (exact) mass is 290 g/mol. The molecule has 2 N–H and O–H groups in total. The molecule has 0 aliphatic carbocycles. The van der Waals surface area contributed by atoms with Gasteiger partial charge in [0.05, 0.1) is 31.8 Å². The number of rotatable bonds is 7. The van der Waals surface area contributed by atoms with Crippen LogP contribution in [0.2, 0.25) is 0 Å². The number of aliphatic hydroxyl groups is 2. The van der Waals surface area contributed by atoms with E-state index in [0.29, 0.717) is 12.2 Å². The molecule has 3 nitrogen and oxygen atoms in total. The Balaban J connectivity index is 2.08. The van der Waals surface area contributed by atoms with E-state index in [4.69, 9.17) is 4.74 Å². The standard InChI is InChI=1S/C17H19FO3/c18-16-8-4-7-15(9-16)17(11-19,12-20)13-21-10-14-5-2-1-3-6-14/h1-9,19-20H,10-13H2. The van der Waals surface area contributed by atoms with Crippen LogP contribution in [0.15, 0.2) is 54.6 Å². The third-order valence-corrected chi connectivity index (χ3v) is 3.53. The molecule has 21 heavy (non-hydrogen) atoms. The van der Waals surface area contributed by atoms with Crippen molar-refractivity contribution in [2.45, 2.75) is 12.0 Å². The second kappa shape index (κ2) is 7.31. The van der Waals surface area contributed by atoms with E-state index in [1.165, 1.54) is 12.1 Å². The normalized spacial score (nSPS) is 11.6. The second-order valence-corrected chi connectivity index (χ2v) is 5.09. The van der Waals surface area contributed by atoms with Crippen molar-refractivity contribution >= 4 is 0 Å². The Kier molecular flexibility index (Phi) is 5.44. The van der Waals surface area contributed by atoms with Gasteiger partial charge in [0.2, 0.25) is 0 Å². The van der Waals surface area contributed by atoms with Crippen LogP contribution in [0.5, 0.6) is 0 Å². The molecule has 0 saturated carbocycles. The van der Waals surface area contributed by atoms with Crippen LogP contribution in [0.3, 0.4) is 0 Å². The Bertz CT molecular complexity index is 553. The molecule has 0 unspecified atom stereocenters. The first kappa shape index (κ1) is 15.6. The fourth-order valence-electron chi connectivity index (χ4n) is 2.16. The SMILES string of the molecule is OCC(CO)(COCc1ccccc1)c1cccc(F)c1. The minimum atomic E-state index is -1.00. The molecule has 0 aliphatic heterocycles. The van der Waals surface area contributed by atoms with Crippen molar-refractivity contribution in [1.29, 1.82) is 0 Å². The summed E-state index contributed by atoms with van der Waals surface area (Å²) in [6.45, 7) is -0.153. The third-order valence-electron chi connectivity index (χ3n) is 3.53. The van der Waals surface area contributed by atoms with Crippen molar-refractivity contribution < 1.29 is 19.3 Å². The Morgan fingerprint density at radius 1 is 0.952 bits per heavy atom. The van der Waals surface area contributed by atoms with E-state index in [1.54, 1.807) is 12.1 Å². The van der Waals surface area contributed by atoms with Crippen LogP contribution in [0.25, 0.3) is 0 Å². The Morgan fingerprint density at radius 3 is 2.29 bits per heavy atom. The summed E-state index contributed by atoms with van der Waals surface area (Å²) in [6, 6.07) is 15.5. The molecule has 0 radical (unpaired) electrons. The van der Waals surface area contributed by atoms with E-state index in [0.717, 1.165) is 5.56 Å². The molecule has 0 heterocycles. The van der Waals surface area contributed by atoms with E-state index < -0.39 is 11.2 Å². The molecule has 2 aromatic rings. The second-order valence-electron chi connectivity index (χ2n) is 5.09. The predicted molar refractivity (Wildman–Crippen MR) is 78.3 cm³/mol. The molecule has 0 amide bonds. The van der Waals surface area contributed by atoms with Crippen molar-refractivity contribution in [3.63, 3.8) is 0 Å². The number of aliphatic hydroxyl groups excluding tert-OH is 2. The van der Waals surface area contributed by atoms with Crippen molar-refractivity contribution in [1.82, 2.24) is 0 Å². The molecule has 0 aromatic heterocycles. The number of ether oxygens (including phenoxy) is 1. The van der Waals surface area contributed by atoms with Gasteiger partial charge in [0, 0.05) is 0 Å². The summed E-state index contributed by atoms with van der Waals surface area (Å²) in [5.74, 6) is -0.401. The first-order chi connectivity index (χ1) is 10.2. The Hall–Kier alpha value is -1.75. The maximum Gasteiger partial charge on any atom is 0.123 e. The highest BCUT2D eigenvalue weighted by atomic mass is 19.1. The van der Waals surface area contributed by atoms with Crippen LogP contribution in [0.4, 0.5) is 4.39 Å². The van der Waals surface area contributed by atoms with Gasteiger partial charge >= 0.3 is 0 Å². The number of halogens is 1. The van der Waals surface area contributed by atoms with Gasteiger partial charge in [-0.2, -0.15) is 0 Å². The van der Waals surface area contributed by atoms with Crippen LogP contribution in [0, 0.1) is 5.82 Å². The summed E-state index contributed by atoms with van der Waals surface area (Å²) >= 11 is 0. The molecule has 2 aromatic carbocycles. The summed E-state index contributed by atoms with van der Waals surface area (Å²) in [7, 11) is 0. The van der Waals surface area contributed by atoms with Gasteiger partial charge in [0.15, 0.2) is 0 Å². The van der Waals surface area contributed by atoms with Crippen molar-refractivity contribution in [3.05, 3.63) is 71.5 Å². The van der Waals surface area contributed by atoms with Gasteiger partial charge < -0.3 is 14.9 Å². The fraction of sp³-hybridized carbons (Fsp3) is 0.294. The number of hydrogen-bond donors (Lipinski definition) is 2. The summed E-state index contributed by atoms with van der Waals surface area (Å²) in [5, 5.41) is 19.3. The first-order valence-corrected chi connectivity index (χ1v) is 6.80. The maximum atomic E-state index is 13.4. The third kappa shape index (κ3) is 3.88. The van der Waals surface area contributed by atoms with Gasteiger partial charge in [-0.25, -0.2) is 4.39 Å². The number of hydrogen-bond acceptors (Lipinski definition) is 3. The lowest BCUT2D eigenvalue weighted by Gasteiger charge is -2.30. The maximum absolute atomic E-state index is 13.4. The molecule has 0 aliphatic rings. The van der Waals surface area contributed by atoms with Gasteiger partial charge in [-0.3, -0.25) is 0 Å². The van der Waals surface area contributed by atoms with E-state index in [1.807, 2.05) is 30.3 Å². The zero-order valence-electron chi connectivity index (χ0n) is 11.7. The Labute approximate surface area is 123 Å². The van der Waals surface area contributed by atoms with E-state index >= 15 is 0 Å². The lowest BCUT2D eigenvalue weighted by atomic mass is 9.82. The van der Waals surface area contributed by atoms with E-state index in [9.17, 15) is 14.6 Å². The summed E-state index contributed by atoms with van der Waals surface area (Å²) in [6.07, 6.45) is 0. The molecule has 0 fully saturated rings. The fourth-order valence-corrected chi connectivity index (χ4v) is 2.16. The van der Waals surface area contributed by atoms with Gasteiger partial charge in [-0.05, 0) is 23.3 Å². The summed E-state index contributed by atoms with van der Waals surface area (Å²) in [4.78, 5) is 0. The van der Waals surface area contributed by atoms with Crippen LogP contribution < -0.4 is 0 Å². The van der Waals surface area contributed by atoms with Gasteiger partial charge in [0.1, 0.15) is 5.82 Å². The highest BCUT2D eigenvalue weighted by Crippen LogP contribution is 2.25. The van der Waals surface area contributed by atoms with Crippen LogP contribution >= 0.6 is 0 Å². The molecule has 2 rings (SSSR count). The Morgan fingerprint density at radius 2 is 1.67 bits per heavy atom. The van der Waals surface area contributed by atoms with Crippen LogP contribution in [-0.4, -0.2) is 30.0 Å². The van der Waals surface area contributed by atoms with Gasteiger partial charge in [0.25, 0.3) is 0 Å². The average Bonchev–Trinajstić information content (AvgIpc) is 2.53. The van der Waals surface area contributed by atoms with E-state index in [-0.39, 0.29) is 19.8 Å². The highest BCUT2D eigenvalue weighted by molar-refractivity contribution is 5.27. The lowest BCUT2D eigenvalue weighted by molar-refractivity contribution is 0.0129. The molecule has 0 spiro atoms. The van der Waals surface area contributed by atoms with Gasteiger partial charge in [-0.15, -0.1) is 0 Å². The largest absolute Gasteiger partial charge is 0.395 e. The van der Waals surface area contributed by atoms with Gasteiger partial charge in [-0.1, -0.05) is 42.5 Å². The van der Waals surface area contributed by atoms with Crippen molar-refractivity contribution in [3.8, 4) is 0 Å². The predicted octanol–water partition coefficient (Wildman–Crippen LogP) is 2.26. The minimum absolute atomic E-state index is 0.109. The van der Waals surface area contributed by atoms with Crippen molar-refractivity contribution in [2.75, 3.05) is 19.8 Å². The van der Waals surface area contributed by atoms with Crippen LogP contribution in [0.1, 0.15) is 11.1 Å². The zero-order valence-corrected chi connectivity index (χ0v) is 11.7. The molecular weight excluding hydrogens is 271 g/mol. The zero-order chi connectivity index (χ0) is 15.1. The average molecular weight is 290 g/mol. The summed E-state index contributed by atoms with van der Waals surface area (Å²) < 4.78 is 19.0. The first-order valence-electron chi connectivity index (χ1n) is 6.80.